The van der Waals surface area contributed by atoms with Crippen LogP contribution < -0.4 is 5.32 Å². The molecule has 1 unspecified atom stereocenters. The molecule has 0 radical (unpaired) electrons. The van der Waals surface area contributed by atoms with Gasteiger partial charge < -0.3 is 9.73 Å². The van der Waals surface area contributed by atoms with E-state index in [4.69, 9.17) is 4.42 Å². The van der Waals surface area contributed by atoms with E-state index in [0.717, 1.165) is 23.1 Å². The number of aromatic nitrogens is 1. The highest BCUT2D eigenvalue weighted by Gasteiger charge is 2.15. The molecule has 1 aromatic carbocycles. The van der Waals surface area contributed by atoms with Crippen molar-refractivity contribution in [3.63, 3.8) is 0 Å². The van der Waals surface area contributed by atoms with Crippen LogP contribution in [0.5, 0.6) is 0 Å². The van der Waals surface area contributed by atoms with E-state index in [1.165, 1.54) is 12.1 Å². The van der Waals surface area contributed by atoms with Gasteiger partial charge in [0.25, 0.3) is 0 Å². The van der Waals surface area contributed by atoms with Crippen LogP contribution in [0.2, 0.25) is 0 Å². The fourth-order valence-corrected chi connectivity index (χ4v) is 2.31. The number of nitrogens with zero attached hydrogens (tertiary/aromatic N) is 1. The number of halogens is 1. The highest BCUT2D eigenvalue weighted by Crippen LogP contribution is 2.26. The first-order valence-corrected chi connectivity index (χ1v) is 6.51. The summed E-state index contributed by atoms with van der Waals surface area (Å²) in [4.78, 5) is 4.11. The lowest BCUT2D eigenvalue weighted by Crippen LogP contribution is -2.18. The van der Waals surface area contributed by atoms with Gasteiger partial charge in [-0.3, -0.25) is 4.98 Å². The topological polar surface area (TPSA) is 38.1 Å². The fourth-order valence-electron chi connectivity index (χ4n) is 2.31. The summed E-state index contributed by atoms with van der Waals surface area (Å²) in [5.74, 6) is 0.551. The lowest BCUT2D eigenvalue weighted by Gasteiger charge is -2.13. The second-order valence-corrected chi connectivity index (χ2v) is 4.74. The van der Waals surface area contributed by atoms with Gasteiger partial charge in [-0.05, 0) is 49.4 Å². The second-order valence-electron chi connectivity index (χ2n) is 4.74. The Labute approximate surface area is 116 Å². The molecule has 0 saturated carbocycles. The first-order chi connectivity index (χ1) is 9.76. The summed E-state index contributed by atoms with van der Waals surface area (Å²) in [5, 5.41) is 4.01. The zero-order valence-electron chi connectivity index (χ0n) is 11.1. The summed E-state index contributed by atoms with van der Waals surface area (Å²) in [6.07, 6.45) is 4.36. The summed E-state index contributed by atoms with van der Waals surface area (Å²) in [6, 6.07) is 10.4. The molecule has 3 nitrogen and oxygen atoms in total. The zero-order valence-corrected chi connectivity index (χ0v) is 11.1. The van der Waals surface area contributed by atoms with E-state index in [1.807, 2.05) is 31.4 Å². The summed E-state index contributed by atoms with van der Waals surface area (Å²) in [5.41, 5.74) is 1.83. The SMILES string of the molecule is CNC(Cc1cccnc1)c1cc2cc(F)ccc2o1. The average molecular weight is 270 g/mol. The van der Waals surface area contributed by atoms with E-state index in [9.17, 15) is 4.39 Å². The molecule has 1 atom stereocenters. The Kier molecular flexibility index (Phi) is 3.48. The van der Waals surface area contributed by atoms with Gasteiger partial charge in [0.1, 0.15) is 17.2 Å². The minimum Gasteiger partial charge on any atom is -0.459 e. The Balaban J connectivity index is 1.91. The van der Waals surface area contributed by atoms with E-state index in [-0.39, 0.29) is 11.9 Å². The van der Waals surface area contributed by atoms with Gasteiger partial charge in [0, 0.05) is 17.8 Å². The summed E-state index contributed by atoms with van der Waals surface area (Å²) in [7, 11) is 1.88. The van der Waals surface area contributed by atoms with Crippen LogP contribution in [0.4, 0.5) is 4.39 Å². The molecular weight excluding hydrogens is 255 g/mol. The van der Waals surface area contributed by atoms with Gasteiger partial charge in [0.15, 0.2) is 0 Å². The minimum absolute atomic E-state index is 0.0367. The molecule has 2 heterocycles. The van der Waals surface area contributed by atoms with Gasteiger partial charge >= 0.3 is 0 Å². The maximum Gasteiger partial charge on any atom is 0.134 e. The van der Waals surface area contributed by atoms with Gasteiger partial charge in [-0.25, -0.2) is 4.39 Å². The molecule has 0 aliphatic carbocycles. The summed E-state index contributed by atoms with van der Waals surface area (Å²) < 4.78 is 19.0. The highest BCUT2D eigenvalue weighted by atomic mass is 19.1. The van der Waals surface area contributed by atoms with Crippen molar-refractivity contribution in [3.05, 3.63) is 65.9 Å². The third kappa shape index (κ3) is 2.56. The van der Waals surface area contributed by atoms with E-state index in [2.05, 4.69) is 10.3 Å². The number of hydrogen-bond donors (Lipinski definition) is 1. The van der Waals surface area contributed by atoms with E-state index in [1.54, 1.807) is 12.3 Å². The second kappa shape index (κ2) is 5.43. The van der Waals surface area contributed by atoms with Crippen LogP contribution in [-0.2, 0) is 6.42 Å². The highest BCUT2D eigenvalue weighted by molar-refractivity contribution is 5.78. The number of furan rings is 1. The number of pyridine rings is 1. The smallest absolute Gasteiger partial charge is 0.134 e. The molecule has 0 aliphatic rings. The largest absolute Gasteiger partial charge is 0.459 e. The van der Waals surface area contributed by atoms with Crippen LogP contribution in [0.15, 0.2) is 53.2 Å². The maximum absolute atomic E-state index is 13.2. The fraction of sp³-hybridized carbons (Fsp3) is 0.188. The predicted octanol–water partition coefficient (Wildman–Crippen LogP) is 3.47. The summed E-state index contributed by atoms with van der Waals surface area (Å²) >= 11 is 0. The van der Waals surface area contributed by atoms with Crippen molar-refractivity contribution in [3.8, 4) is 0 Å². The number of nitrogens with one attached hydrogen (secondary N) is 1. The van der Waals surface area contributed by atoms with Gasteiger partial charge in [-0.2, -0.15) is 0 Å². The maximum atomic E-state index is 13.2. The zero-order chi connectivity index (χ0) is 13.9. The number of hydrogen-bond acceptors (Lipinski definition) is 3. The average Bonchev–Trinajstić information content (AvgIpc) is 2.88. The Bertz CT molecular complexity index is 709. The molecule has 0 amide bonds. The lowest BCUT2D eigenvalue weighted by atomic mass is 10.1. The van der Waals surface area contributed by atoms with Crippen molar-refractivity contribution in [2.75, 3.05) is 7.05 Å². The Morgan fingerprint density at radius 2 is 2.20 bits per heavy atom. The van der Waals surface area contributed by atoms with Crippen LogP contribution in [-0.4, -0.2) is 12.0 Å². The monoisotopic (exact) mass is 270 g/mol. The minimum atomic E-state index is -0.252. The normalized spacial score (nSPS) is 12.7. The molecule has 1 N–H and O–H groups in total. The molecule has 2 aromatic heterocycles. The summed E-state index contributed by atoms with van der Waals surface area (Å²) in [6.45, 7) is 0. The van der Waals surface area contributed by atoms with Gasteiger partial charge in [0.05, 0.1) is 6.04 Å². The quantitative estimate of drug-likeness (QED) is 0.789. The van der Waals surface area contributed by atoms with Gasteiger partial charge in [0.2, 0.25) is 0 Å². The van der Waals surface area contributed by atoms with E-state index in [0.29, 0.717) is 5.58 Å². The Morgan fingerprint density at radius 3 is 2.95 bits per heavy atom. The van der Waals surface area contributed by atoms with Crippen LogP contribution in [0.1, 0.15) is 17.4 Å². The third-order valence-electron chi connectivity index (χ3n) is 3.35. The van der Waals surface area contributed by atoms with Crippen LogP contribution >= 0.6 is 0 Å². The lowest BCUT2D eigenvalue weighted by molar-refractivity contribution is 0.450. The molecular formula is C16H15FN2O. The number of rotatable bonds is 4. The van der Waals surface area contributed by atoms with Crippen LogP contribution in [0.25, 0.3) is 11.0 Å². The van der Waals surface area contributed by atoms with Crippen LogP contribution in [0.3, 0.4) is 0 Å². The third-order valence-corrected chi connectivity index (χ3v) is 3.35. The first kappa shape index (κ1) is 12.8. The first-order valence-electron chi connectivity index (χ1n) is 6.51. The van der Waals surface area contributed by atoms with Crippen LogP contribution in [0, 0.1) is 5.82 Å². The Morgan fingerprint density at radius 1 is 1.30 bits per heavy atom. The van der Waals surface area contributed by atoms with Gasteiger partial charge in [-0.15, -0.1) is 0 Å². The van der Waals surface area contributed by atoms with Crippen molar-refractivity contribution in [1.82, 2.24) is 10.3 Å². The molecule has 0 bridgehead atoms. The van der Waals surface area contributed by atoms with E-state index >= 15 is 0 Å². The number of benzene rings is 1. The van der Waals surface area contributed by atoms with E-state index < -0.39 is 0 Å². The molecule has 0 spiro atoms. The van der Waals surface area contributed by atoms with Crippen molar-refractivity contribution < 1.29 is 8.81 Å². The molecule has 3 aromatic rings. The standard InChI is InChI=1S/C16H15FN2O/c1-18-14(7-11-3-2-6-19-10-11)16-9-12-8-13(17)4-5-15(12)20-16/h2-6,8-10,14,18H,7H2,1H3. The predicted molar refractivity (Wildman–Crippen MR) is 75.9 cm³/mol. The van der Waals surface area contributed by atoms with Gasteiger partial charge in [-0.1, -0.05) is 6.07 Å². The van der Waals surface area contributed by atoms with Crippen molar-refractivity contribution in [1.29, 1.82) is 0 Å². The Hall–Kier alpha value is -2.20. The van der Waals surface area contributed by atoms with Crippen molar-refractivity contribution >= 4 is 11.0 Å². The molecule has 0 saturated heterocycles. The van der Waals surface area contributed by atoms with Crippen molar-refractivity contribution in [2.24, 2.45) is 0 Å². The molecule has 3 rings (SSSR count). The molecule has 0 aliphatic heterocycles. The molecule has 102 valence electrons. The molecule has 0 fully saturated rings. The number of likely N-dealkylation sites (N-methyl/N-ethyl adjacent to an activating group) is 1. The van der Waals surface area contributed by atoms with Crippen molar-refractivity contribution in [2.45, 2.75) is 12.5 Å². The molecule has 4 heteroatoms. The molecule has 20 heavy (non-hydrogen) atoms. The number of fused-ring (bicyclic) bond motifs is 1.